The Labute approximate surface area is 164 Å². The lowest BCUT2D eigenvalue weighted by molar-refractivity contribution is 0.284. The van der Waals surface area contributed by atoms with Crippen LogP contribution in [0.1, 0.15) is 11.1 Å². The average Bonchev–Trinajstić information content (AvgIpc) is 2.67. The first-order chi connectivity index (χ1) is 13.0. The molecule has 0 aliphatic carbocycles. The highest BCUT2D eigenvalue weighted by Crippen LogP contribution is 2.34. The summed E-state index contributed by atoms with van der Waals surface area (Å²) in [6.07, 6.45) is 0. The largest absolute Gasteiger partial charge is 0.493 e. The predicted molar refractivity (Wildman–Crippen MR) is 106 cm³/mol. The van der Waals surface area contributed by atoms with Crippen LogP contribution in [-0.2, 0) is 6.61 Å². The third kappa shape index (κ3) is 4.10. The Balaban J connectivity index is 1.91. The molecule has 0 bridgehead atoms. The zero-order chi connectivity index (χ0) is 19.4. The highest BCUT2D eigenvalue weighted by atomic mass is 79.9. The first kappa shape index (κ1) is 18.5. The average molecular weight is 426 g/mol. The summed E-state index contributed by atoms with van der Waals surface area (Å²) in [6.45, 7) is 0.389. The highest BCUT2D eigenvalue weighted by Gasteiger charge is 2.15. The van der Waals surface area contributed by atoms with Gasteiger partial charge in [-0.2, -0.15) is 10.2 Å². The highest BCUT2D eigenvalue weighted by molar-refractivity contribution is 9.10. The van der Waals surface area contributed by atoms with Gasteiger partial charge in [0.15, 0.2) is 11.5 Å². The Bertz CT molecular complexity index is 1020. The molecule has 4 N–H and O–H groups in total. The van der Waals surface area contributed by atoms with Gasteiger partial charge in [-0.15, -0.1) is 0 Å². The molecule has 27 heavy (non-hydrogen) atoms. The second-order valence-corrected chi connectivity index (χ2v) is 6.50. The number of nitriles is 1. The molecule has 0 atom stereocenters. The smallest absolute Gasteiger partial charge is 0.222 e. The van der Waals surface area contributed by atoms with Gasteiger partial charge in [-0.25, -0.2) is 4.98 Å². The second kappa shape index (κ2) is 7.93. The molecule has 1 aromatic heterocycles. The van der Waals surface area contributed by atoms with Crippen LogP contribution in [0.5, 0.6) is 11.5 Å². The quantitative estimate of drug-likeness (QED) is 0.640. The summed E-state index contributed by atoms with van der Waals surface area (Å²) in [6, 6.07) is 15.1. The molecule has 0 unspecified atom stereocenters. The van der Waals surface area contributed by atoms with Crippen LogP contribution in [0.4, 0.5) is 11.8 Å². The van der Waals surface area contributed by atoms with E-state index in [1.165, 1.54) is 0 Å². The minimum Gasteiger partial charge on any atom is -0.493 e. The zero-order valence-electron chi connectivity index (χ0n) is 14.4. The van der Waals surface area contributed by atoms with E-state index in [9.17, 15) is 5.26 Å². The van der Waals surface area contributed by atoms with Gasteiger partial charge in [-0.1, -0.05) is 28.1 Å². The van der Waals surface area contributed by atoms with E-state index in [1.807, 2.05) is 30.3 Å². The third-order valence-electron chi connectivity index (χ3n) is 3.81. The Kier molecular flexibility index (Phi) is 5.43. The summed E-state index contributed by atoms with van der Waals surface area (Å²) in [5, 5.41) is 9.35. The Morgan fingerprint density at radius 1 is 1.07 bits per heavy atom. The van der Waals surface area contributed by atoms with Crippen molar-refractivity contribution in [3.8, 4) is 28.8 Å². The van der Waals surface area contributed by atoms with E-state index >= 15 is 0 Å². The third-order valence-corrected chi connectivity index (χ3v) is 4.34. The molecule has 7 nitrogen and oxygen atoms in total. The number of halogens is 1. The standard InChI is InChI=1S/C19H16BrN5O2/c1-26-16-8-12(17-14(9-21)18(22)25-19(23)24-17)4-7-15(16)27-10-11-2-5-13(20)6-3-11/h2-8H,10H2,1H3,(H4,22,23,24,25). The molecule has 0 saturated heterocycles. The SMILES string of the molecule is COc1cc(-c2nc(N)nc(N)c2C#N)ccc1OCc1ccc(Br)cc1. The van der Waals surface area contributed by atoms with Crippen molar-refractivity contribution in [3.05, 3.63) is 58.1 Å². The molecule has 0 saturated carbocycles. The van der Waals surface area contributed by atoms with Gasteiger partial charge < -0.3 is 20.9 Å². The molecule has 3 rings (SSSR count). The summed E-state index contributed by atoms with van der Waals surface area (Å²) in [5.41, 5.74) is 13.6. The van der Waals surface area contributed by atoms with Gasteiger partial charge in [-0.05, 0) is 35.9 Å². The van der Waals surface area contributed by atoms with E-state index in [-0.39, 0.29) is 17.3 Å². The monoisotopic (exact) mass is 425 g/mol. The van der Waals surface area contributed by atoms with Crippen molar-refractivity contribution >= 4 is 27.7 Å². The number of anilines is 2. The van der Waals surface area contributed by atoms with Gasteiger partial charge in [0.05, 0.1) is 12.8 Å². The molecule has 0 spiro atoms. The normalized spacial score (nSPS) is 10.3. The lowest BCUT2D eigenvalue weighted by Crippen LogP contribution is -2.05. The van der Waals surface area contributed by atoms with Crippen molar-refractivity contribution in [1.29, 1.82) is 5.26 Å². The van der Waals surface area contributed by atoms with E-state index in [4.69, 9.17) is 20.9 Å². The fourth-order valence-electron chi connectivity index (χ4n) is 2.49. The number of aromatic nitrogens is 2. The molecule has 3 aromatic rings. The molecule has 0 radical (unpaired) electrons. The van der Waals surface area contributed by atoms with Crippen LogP contribution in [0.2, 0.25) is 0 Å². The van der Waals surface area contributed by atoms with Crippen LogP contribution in [0.15, 0.2) is 46.9 Å². The first-order valence-electron chi connectivity index (χ1n) is 7.90. The van der Waals surface area contributed by atoms with Gasteiger partial charge in [0, 0.05) is 10.0 Å². The van der Waals surface area contributed by atoms with Crippen LogP contribution in [0.3, 0.4) is 0 Å². The number of hydrogen-bond donors (Lipinski definition) is 2. The fraction of sp³-hybridized carbons (Fsp3) is 0.105. The van der Waals surface area contributed by atoms with E-state index in [0.717, 1.165) is 10.0 Å². The number of hydrogen-bond acceptors (Lipinski definition) is 7. The molecule has 0 aliphatic heterocycles. The van der Waals surface area contributed by atoms with Crippen LogP contribution in [0, 0.1) is 11.3 Å². The van der Waals surface area contributed by atoms with Gasteiger partial charge in [-0.3, -0.25) is 0 Å². The maximum Gasteiger partial charge on any atom is 0.222 e. The summed E-state index contributed by atoms with van der Waals surface area (Å²) in [5.74, 6) is 1.10. The van der Waals surface area contributed by atoms with Crippen molar-refractivity contribution in [3.63, 3.8) is 0 Å². The maximum absolute atomic E-state index is 9.35. The molecule has 1 heterocycles. The number of methoxy groups -OCH3 is 1. The second-order valence-electron chi connectivity index (χ2n) is 5.58. The number of benzene rings is 2. The van der Waals surface area contributed by atoms with Gasteiger partial charge in [0.2, 0.25) is 5.95 Å². The van der Waals surface area contributed by atoms with E-state index in [2.05, 4.69) is 25.9 Å². The first-order valence-corrected chi connectivity index (χ1v) is 8.70. The Morgan fingerprint density at radius 2 is 1.81 bits per heavy atom. The van der Waals surface area contributed by atoms with Crippen LogP contribution in [0.25, 0.3) is 11.3 Å². The number of rotatable bonds is 5. The van der Waals surface area contributed by atoms with Gasteiger partial charge in [0.1, 0.15) is 24.1 Å². The summed E-state index contributed by atoms with van der Waals surface area (Å²) >= 11 is 3.40. The van der Waals surface area contributed by atoms with Crippen molar-refractivity contribution in [2.24, 2.45) is 0 Å². The molecular weight excluding hydrogens is 410 g/mol. The molecular formula is C19H16BrN5O2. The maximum atomic E-state index is 9.35. The molecule has 2 aromatic carbocycles. The number of nitrogens with two attached hydrogens (primary N) is 2. The van der Waals surface area contributed by atoms with Crippen molar-refractivity contribution < 1.29 is 9.47 Å². The summed E-state index contributed by atoms with van der Waals surface area (Å²) in [7, 11) is 1.54. The zero-order valence-corrected chi connectivity index (χ0v) is 16.0. The molecule has 8 heteroatoms. The fourth-order valence-corrected chi connectivity index (χ4v) is 2.76. The van der Waals surface area contributed by atoms with Gasteiger partial charge >= 0.3 is 0 Å². The van der Waals surface area contributed by atoms with E-state index in [1.54, 1.807) is 25.3 Å². The molecule has 0 aliphatic rings. The van der Waals surface area contributed by atoms with E-state index < -0.39 is 0 Å². The van der Waals surface area contributed by atoms with Gasteiger partial charge in [0.25, 0.3) is 0 Å². The van der Waals surface area contributed by atoms with Crippen LogP contribution < -0.4 is 20.9 Å². The summed E-state index contributed by atoms with van der Waals surface area (Å²) < 4.78 is 12.3. The van der Waals surface area contributed by atoms with Crippen molar-refractivity contribution in [2.45, 2.75) is 6.61 Å². The number of ether oxygens (including phenoxy) is 2. The number of nitrogens with zero attached hydrogens (tertiary/aromatic N) is 3. The Morgan fingerprint density at radius 3 is 2.48 bits per heavy atom. The van der Waals surface area contributed by atoms with Crippen molar-refractivity contribution in [2.75, 3.05) is 18.6 Å². The van der Waals surface area contributed by atoms with E-state index in [0.29, 0.717) is 29.4 Å². The lowest BCUT2D eigenvalue weighted by atomic mass is 10.1. The number of nitrogen functional groups attached to an aromatic ring is 2. The van der Waals surface area contributed by atoms with Crippen molar-refractivity contribution in [1.82, 2.24) is 9.97 Å². The topological polar surface area (TPSA) is 120 Å². The minimum atomic E-state index is -0.00367. The van der Waals surface area contributed by atoms with Crippen LogP contribution in [-0.4, -0.2) is 17.1 Å². The predicted octanol–water partition coefficient (Wildman–Crippen LogP) is 3.53. The Hall–Kier alpha value is -3.31. The minimum absolute atomic E-state index is 0.00367. The lowest BCUT2D eigenvalue weighted by Gasteiger charge is -2.13. The molecule has 136 valence electrons. The summed E-state index contributed by atoms with van der Waals surface area (Å²) in [4.78, 5) is 7.97. The molecule has 0 amide bonds. The van der Waals surface area contributed by atoms with Crippen LogP contribution >= 0.6 is 15.9 Å². The molecule has 0 fully saturated rings.